The fourth-order valence-electron chi connectivity index (χ4n) is 4.91. The van der Waals surface area contributed by atoms with Gasteiger partial charge in [0.25, 0.3) is 5.91 Å². The second-order valence-corrected chi connectivity index (χ2v) is 10.3. The van der Waals surface area contributed by atoms with E-state index in [1.165, 1.54) is 6.07 Å². The largest absolute Gasteiger partial charge is 0.427 e. The molecular weight excluding hydrogens is 586 g/mol. The molecule has 45 heavy (non-hydrogen) atoms. The lowest BCUT2D eigenvalue weighted by Crippen LogP contribution is -2.44. The predicted octanol–water partition coefficient (Wildman–Crippen LogP) is 4.51. The van der Waals surface area contributed by atoms with Crippen molar-refractivity contribution < 1.29 is 32.6 Å². The molecule has 4 aromatic rings. The average molecular weight is 613 g/mol. The van der Waals surface area contributed by atoms with Crippen LogP contribution in [-0.4, -0.2) is 65.9 Å². The van der Waals surface area contributed by atoms with Gasteiger partial charge in [-0.15, -0.1) is 0 Å². The number of rotatable bonds is 6. The minimum absolute atomic E-state index is 0.0617. The van der Waals surface area contributed by atoms with Gasteiger partial charge in [-0.1, -0.05) is 30.3 Å². The summed E-state index contributed by atoms with van der Waals surface area (Å²) in [6.45, 7) is 2.71. The van der Waals surface area contributed by atoms with Crippen LogP contribution in [0.2, 0.25) is 0 Å². The molecule has 2 aliphatic heterocycles. The summed E-state index contributed by atoms with van der Waals surface area (Å²) < 4.78 is 40.0. The number of likely N-dealkylation sites (N-methyl/N-ethyl adjacent to an activating group) is 1. The van der Waals surface area contributed by atoms with Crippen LogP contribution in [0, 0.1) is 11.6 Å². The molecule has 1 fully saturated rings. The minimum Gasteiger partial charge on any atom is -0.427 e. The molecule has 0 radical (unpaired) electrons. The number of nitrogens with one attached hydrogen (secondary N) is 2. The SMILES string of the molecule is CN1CCN(c2ccc(Nc3ncc4cccc(-c5cccc(NC(=O)/C6=C/OC(=O)/C=C\C(=O)O6)c5)c4n3)c(F)c2F)CC1. The van der Waals surface area contributed by atoms with E-state index in [0.29, 0.717) is 40.8 Å². The molecular formula is C32H26F2N6O5. The lowest BCUT2D eigenvalue weighted by molar-refractivity contribution is -0.140. The molecule has 1 aromatic heterocycles. The quantitative estimate of drug-likeness (QED) is 0.301. The first-order valence-corrected chi connectivity index (χ1v) is 13.9. The topological polar surface area (TPSA) is 126 Å². The van der Waals surface area contributed by atoms with E-state index in [0.717, 1.165) is 31.5 Å². The van der Waals surface area contributed by atoms with Crippen molar-refractivity contribution in [2.45, 2.75) is 0 Å². The van der Waals surface area contributed by atoms with Crippen molar-refractivity contribution in [3.63, 3.8) is 0 Å². The number of halogens is 2. The van der Waals surface area contributed by atoms with Gasteiger partial charge in [-0.3, -0.25) is 4.79 Å². The van der Waals surface area contributed by atoms with Gasteiger partial charge in [0.15, 0.2) is 11.6 Å². The van der Waals surface area contributed by atoms with E-state index in [4.69, 9.17) is 9.47 Å². The van der Waals surface area contributed by atoms with Crippen LogP contribution >= 0.6 is 0 Å². The molecule has 0 aliphatic carbocycles. The molecule has 1 saturated heterocycles. The molecule has 0 spiro atoms. The highest BCUT2D eigenvalue weighted by Crippen LogP contribution is 2.32. The third kappa shape index (κ3) is 6.48. The summed E-state index contributed by atoms with van der Waals surface area (Å²) in [5.74, 6) is -4.96. The van der Waals surface area contributed by atoms with Crippen molar-refractivity contribution in [3.8, 4) is 11.1 Å². The summed E-state index contributed by atoms with van der Waals surface area (Å²) in [5.41, 5.74) is 2.31. The van der Waals surface area contributed by atoms with Gasteiger partial charge in [-0.2, -0.15) is 0 Å². The summed E-state index contributed by atoms with van der Waals surface area (Å²) in [6, 6.07) is 15.2. The van der Waals surface area contributed by atoms with Gasteiger partial charge in [0, 0.05) is 61.2 Å². The van der Waals surface area contributed by atoms with E-state index in [9.17, 15) is 14.4 Å². The molecule has 2 N–H and O–H groups in total. The maximum absolute atomic E-state index is 15.2. The third-order valence-electron chi connectivity index (χ3n) is 7.27. The highest BCUT2D eigenvalue weighted by atomic mass is 19.2. The number of esters is 2. The number of ether oxygens (including phenoxy) is 2. The zero-order valence-electron chi connectivity index (χ0n) is 23.9. The first-order valence-electron chi connectivity index (χ1n) is 13.9. The molecule has 0 unspecified atom stereocenters. The molecule has 3 aromatic carbocycles. The van der Waals surface area contributed by atoms with Crippen LogP contribution in [0.3, 0.4) is 0 Å². The molecule has 0 atom stereocenters. The van der Waals surface area contributed by atoms with E-state index < -0.39 is 35.2 Å². The van der Waals surface area contributed by atoms with Crippen LogP contribution in [0.5, 0.6) is 0 Å². The van der Waals surface area contributed by atoms with Crippen molar-refractivity contribution in [1.82, 2.24) is 14.9 Å². The number of aromatic nitrogens is 2. The van der Waals surface area contributed by atoms with Gasteiger partial charge >= 0.3 is 11.9 Å². The molecule has 13 heteroatoms. The summed E-state index contributed by atoms with van der Waals surface area (Å²) in [4.78, 5) is 48.9. The zero-order valence-corrected chi connectivity index (χ0v) is 23.9. The van der Waals surface area contributed by atoms with Crippen LogP contribution in [0.15, 0.2) is 85.0 Å². The highest BCUT2D eigenvalue weighted by Gasteiger charge is 2.22. The number of hydrogen-bond donors (Lipinski definition) is 2. The fourth-order valence-corrected chi connectivity index (χ4v) is 4.91. The van der Waals surface area contributed by atoms with Crippen molar-refractivity contribution in [2.75, 3.05) is 48.8 Å². The van der Waals surface area contributed by atoms with Crippen molar-refractivity contribution in [3.05, 3.63) is 96.6 Å². The third-order valence-corrected chi connectivity index (χ3v) is 7.27. The Morgan fingerprint density at radius 2 is 1.71 bits per heavy atom. The number of para-hydroxylation sites is 1. The second kappa shape index (κ2) is 12.5. The first-order chi connectivity index (χ1) is 21.7. The van der Waals surface area contributed by atoms with E-state index in [-0.39, 0.29) is 17.3 Å². The number of anilines is 4. The maximum atomic E-state index is 15.2. The lowest BCUT2D eigenvalue weighted by atomic mass is 10.0. The van der Waals surface area contributed by atoms with Crippen LogP contribution < -0.4 is 15.5 Å². The maximum Gasteiger partial charge on any atom is 0.336 e. The molecule has 1 amide bonds. The van der Waals surface area contributed by atoms with Gasteiger partial charge < -0.3 is 29.9 Å². The monoisotopic (exact) mass is 612 g/mol. The molecule has 2 aliphatic rings. The average Bonchev–Trinajstić information content (AvgIpc) is 3.04. The standard InChI is InChI=1S/C32H26F2N6O5/c1-39-12-14-40(15-13-39)24-9-8-23(28(33)29(24)34)37-32-35-17-20-5-3-7-22(30(20)38-32)19-4-2-6-21(16-19)36-31(43)25-18-44-26(41)10-11-27(42)45-25/h2-11,16-18H,12-15H2,1H3,(H,36,43)(H,35,37,38)/b11-10-,25-18-. The molecule has 6 rings (SSSR count). The lowest BCUT2D eigenvalue weighted by Gasteiger charge is -2.34. The number of fused-ring (bicyclic) bond motifs is 1. The smallest absolute Gasteiger partial charge is 0.336 e. The number of carbonyl (C=O) groups excluding carboxylic acids is 3. The fraction of sp³-hybridized carbons (Fsp3) is 0.156. The molecule has 0 bridgehead atoms. The predicted molar refractivity (Wildman–Crippen MR) is 162 cm³/mol. The van der Waals surface area contributed by atoms with Crippen molar-refractivity contribution in [2.24, 2.45) is 0 Å². The Bertz CT molecular complexity index is 1890. The van der Waals surface area contributed by atoms with Crippen molar-refractivity contribution >= 4 is 51.8 Å². The summed E-state index contributed by atoms with van der Waals surface area (Å²) in [6.07, 6.45) is 4.06. The van der Waals surface area contributed by atoms with E-state index in [1.54, 1.807) is 36.5 Å². The van der Waals surface area contributed by atoms with E-state index in [1.807, 2.05) is 30.1 Å². The van der Waals surface area contributed by atoms with Crippen molar-refractivity contribution in [1.29, 1.82) is 0 Å². The van der Waals surface area contributed by atoms with Gasteiger partial charge in [0.1, 0.15) is 6.26 Å². The van der Waals surface area contributed by atoms with Crippen LogP contribution in [0.4, 0.5) is 31.8 Å². The number of nitrogens with zero attached hydrogens (tertiary/aromatic N) is 4. The highest BCUT2D eigenvalue weighted by molar-refractivity contribution is 6.05. The molecule has 11 nitrogen and oxygen atoms in total. The first kappa shape index (κ1) is 29.4. The Kier molecular flexibility index (Phi) is 8.16. The Morgan fingerprint density at radius 3 is 2.53 bits per heavy atom. The van der Waals surface area contributed by atoms with E-state index in [2.05, 4.69) is 25.5 Å². The van der Waals surface area contributed by atoms with Crippen LogP contribution in [0.25, 0.3) is 22.0 Å². The van der Waals surface area contributed by atoms with Gasteiger partial charge in [0.05, 0.1) is 16.9 Å². The van der Waals surface area contributed by atoms with E-state index >= 15 is 8.78 Å². The number of cyclic esters (lactones) is 2. The molecule has 228 valence electrons. The van der Waals surface area contributed by atoms with Gasteiger partial charge in [-0.25, -0.2) is 28.3 Å². The normalized spacial score (nSPS) is 17.4. The number of piperazine rings is 1. The van der Waals surface area contributed by atoms with Gasteiger partial charge in [0.2, 0.25) is 11.7 Å². The molecule has 0 saturated carbocycles. The Morgan fingerprint density at radius 1 is 0.933 bits per heavy atom. The van der Waals surface area contributed by atoms with Crippen LogP contribution in [-0.2, 0) is 23.9 Å². The number of carbonyl (C=O) groups is 3. The zero-order chi connectivity index (χ0) is 31.5. The summed E-state index contributed by atoms with van der Waals surface area (Å²) >= 11 is 0. The summed E-state index contributed by atoms with van der Waals surface area (Å²) in [7, 11) is 1.99. The Balaban J connectivity index is 1.24. The second-order valence-electron chi connectivity index (χ2n) is 10.3. The molecule has 3 heterocycles. The number of hydrogen-bond acceptors (Lipinski definition) is 10. The van der Waals surface area contributed by atoms with Crippen LogP contribution in [0.1, 0.15) is 0 Å². The number of amides is 1. The van der Waals surface area contributed by atoms with Gasteiger partial charge in [-0.05, 0) is 36.9 Å². The minimum atomic E-state index is -1.03. The Hall–Kier alpha value is -5.69. The Labute approximate surface area is 255 Å². The summed E-state index contributed by atoms with van der Waals surface area (Å²) in [5, 5.41) is 6.10. The number of benzene rings is 3.